The number of amides is 1. The summed E-state index contributed by atoms with van der Waals surface area (Å²) in [6.07, 6.45) is 0. The maximum atomic E-state index is 12.2. The lowest BCUT2D eigenvalue weighted by atomic mass is 10.1. The van der Waals surface area contributed by atoms with Crippen LogP contribution in [0, 0.1) is 0 Å². The van der Waals surface area contributed by atoms with Crippen molar-refractivity contribution in [1.82, 2.24) is 15.5 Å². The van der Waals surface area contributed by atoms with Gasteiger partial charge in [0.25, 0.3) is 11.5 Å². The molecule has 2 N–H and O–H groups in total. The van der Waals surface area contributed by atoms with Gasteiger partial charge in [0.2, 0.25) is 0 Å². The molecule has 1 heterocycles. The number of rotatable bonds is 5. The van der Waals surface area contributed by atoms with E-state index in [1.807, 2.05) is 13.8 Å². The zero-order valence-corrected chi connectivity index (χ0v) is 11.5. The molecule has 2 rings (SSSR count). The normalized spacial score (nSPS) is 12.3. The van der Waals surface area contributed by atoms with Crippen LogP contribution in [0.25, 0.3) is 10.8 Å². The molecule has 1 amide bonds. The Hall–Kier alpha value is -2.21. The topological polar surface area (TPSA) is 84.1 Å². The van der Waals surface area contributed by atoms with Gasteiger partial charge in [-0.05, 0) is 19.9 Å². The first-order valence-corrected chi connectivity index (χ1v) is 6.49. The highest BCUT2D eigenvalue weighted by Gasteiger charge is 2.15. The van der Waals surface area contributed by atoms with E-state index in [4.69, 9.17) is 4.74 Å². The fourth-order valence-electron chi connectivity index (χ4n) is 1.92. The molecule has 0 fully saturated rings. The first kappa shape index (κ1) is 14.2. The molecule has 1 unspecified atom stereocenters. The molecule has 1 aromatic carbocycles. The Morgan fingerprint density at radius 1 is 1.40 bits per heavy atom. The lowest BCUT2D eigenvalue weighted by Crippen LogP contribution is -2.37. The van der Waals surface area contributed by atoms with Crippen molar-refractivity contribution in [2.24, 2.45) is 0 Å². The second-order valence-corrected chi connectivity index (χ2v) is 4.48. The quantitative estimate of drug-likeness (QED) is 0.855. The number of hydrogen-bond donors (Lipinski definition) is 2. The van der Waals surface area contributed by atoms with E-state index in [1.165, 1.54) is 0 Å². The van der Waals surface area contributed by atoms with Crippen LogP contribution in [0.1, 0.15) is 24.3 Å². The van der Waals surface area contributed by atoms with Gasteiger partial charge in [0.05, 0.1) is 12.0 Å². The molecule has 6 nitrogen and oxygen atoms in total. The van der Waals surface area contributed by atoms with Crippen LogP contribution in [0.3, 0.4) is 0 Å². The van der Waals surface area contributed by atoms with Crippen molar-refractivity contribution in [2.45, 2.75) is 19.9 Å². The summed E-state index contributed by atoms with van der Waals surface area (Å²) in [5.74, 6) is -0.329. The van der Waals surface area contributed by atoms with E-state index >= 15 is 0 Å². The maximum absolute atomic E-state index is 12.2. The van der Waals surface area contributed by atoms with Crippen LogP contribution in [0.5, 0.6) is 0 Å². The third-order valence-electron chi connectivity index (χ3n) is 2.86. The van der Waals surface area contributed by atoms with Gasteiger partial charge in [-0.3, -0.25) is 9.59 Å². The lowest BCUT2D eigenvalue weighted by Gasteiger charge is -2.13. The fourth-order valence-corrected chi connectivity index (χ4v) is 1.92. The third kappa shape index (κ3) is 3.03. The molecule has 0 bridgehead atoms. The summed E-state index contributed by atoms with van der Waals surface area (Å²) in [5.41, 5.74) is -0.0944. The van der Waals surface area contributed by atoms with Crippen LogP contribution in [-0.4, -0.2) is 35.4 Å². The van der Waals surface area contributed by atoms with E-state index in [1.54, 1.807) is 24.3 Å². The molecule has 0 aliphatic heterocycles. The average Bonchev–Trinajstić information content (AvgIpc) is 2.45. The number of nitrogens with zero attached hydrogens (tertiary/aromatic N) is 1. The Balaban J connectivity index is 2.27. The van der Waals surface area contributed by atoms with Crippen molar-refractivity contribution < 1.29 is 9.53 Å². The predicted octanol–water partition coefficient (Wildman–Crippen LogP) is 1.08. The molecule has 0 saturated heterocycles. The van der Waals surface area contributed by atoms with E-state index in [9.17, 15) is 9.59 Å². The molecule has 106 valence electrons. The summed E-state index contributed by atoms with van der Waals surface area (Å²) in [5, 5.41) is 9.97. The summed E-state index contributed by atoms with van der Waals surface area (Å²) >= 11 is 0. The highest BCUT2D eigenvalue weighted by atomic mass is 16.5. The monoisotopic (exact) mass is 275 g/mol. The fraction of sp³-hybridized carbons (Fsp3) is 0.357. The Labute approximate surface area is 116 Å². The Morgan fingerprint density at radius 2 is 2.10 bits per heavy atom. The minimum Gasteiger partial charge on any atom is -0.380 e. The first-order valence-electron chi connectivity index (χ1n) is 6.49. The Kier molecular flexibility index (Phi) is 4.47. The molecule has 20 heavy (non-hydrogen) atoms. The molecule has 0 aliphatic carbocycles. The smallest absolute Gasteiger partial charge is 0.272 e. The first-order chi connectivity index (χ1) is 9.63. The van der Waals surface area contributed by atoms with E-state index in [0.29, 0.717) is 24.0 Å². The van der Waals surface area contributed by atoms with E-state index in [-0.39, 0.29) is 23.2 Å². The Bertz CT molecular complexity index is 666. The predicted molar refractivity (Wildman–Crippen MR) is 75.8 cm³/mol. The minimum atomic E-state index is -0.329. The second kappa shape index (κ2) is 6.29. The third-order valence-corrected chi connectivity index (χ3v) is 2.86. The molecule has 0 spiro atoms. The molecule has 6 heteroatoms. The van der Waals surface area contributed by atoms with Gasteiger partial charge in [-0.1, -0.05) is 18.2 Å². The van der Waals surface area contributed by atoms with Crippen LogP contribution in [0.4, 0.5) is 0 Å². The molecule has 1 aromatic heterocycles. The number of ether oxygens (including phenoxy) is 1. The van der Waals surface area contributed by atoms with Gasteiger partial charge in [-0.2, -0.15) is 5.10 Å². The van der Waals surface area contributed by atoms with Crippen LogP contribution in [0.15, 0.2) is 29.1 Å². The number of carbonyl (C=O) groups excluding carboxylic acids is 1. The number of carbonyl (C=O) groups is 1. The average molecular weight is 275 g/mol. The number of H-pyrrole nitrogens is 1. The molecule has 2 aromatic rings. The summed E-state index contributed by atoms with van der Waals surface area (Å²) in [6.45, 7) is 4.77. The van der Waals surface area contributed by atoms with Gasteiger partial charge in [-0.25, -0.2) is 5.10 Å². The molecular weight excluding hydrogens is 258 g/mol. The number of nitrogens with one attached hydrogen (secondary N) is 2. The minimum absolute atomic E-state index is 0.130. The summed E-state index contributed by atoms with van der Waals surface area (Å²) in [6, 6.07) is 6.76. The number of hydrogen-bond acceptors (Lipinski definition) is 4. The molecule has 0 saturated carbocycles. The number of fused-ring (bicyclic) bond motifs is 1. The zero-order chi connectivity index (χ0) is 14.5. The van der Waals surface area contributed by atoms with Crippen molar-refractivity contribution >= 4 is 16.7 Å². The SMILES string of the molecule is CCOCC(C)NC(=O)c1n[nH]c(=O)c2ccccc12. The van der Waals surface area contributed by atoms with Crippen LogP contribution in [-0.2, 0) is 4.74 Å². The summed E-state index contributed by atoms with van der Waals surface area (Å²) in [4.78, 5) is 23.8. The summed E-state index contributed by atoms with van der Waals surface area (Å²) < 4.78 is 5.25. The van der Waals surface area contributed by atoms with Gasteiger partial charge < -0.3 is 10.1 Å². The highest BCUT2D eigenvalue weighted by Crippen LogP contribution is 2.12. The van der Waals surface area contributed by atoms with Gasteiger partial charge in [0.15, 0.2) is 5.69 Å². The molecule has 0 aliphatic rings. The number of benzene rings is 1. The van der Waals surface area contributed by atoms with Gasteiger partial charge >= 0.3 is 0 Å². The van der Waals surface area contributed by atoms with Crippen molar-refractivity contribution in [3.8, 4) is 0 Å². The lowest BCUT2D eigenvalue weighted by molar-refractivity contribution is 0.0868. The van der Waals surface area contributed by atoms with Crippen molar-refractivity contribution in [3.63, 3.8) is 0 Å². The maximum Gasteiger partial charge on any atom is 0.272 e. The molecule has 1 atom stereocenters. The van der Waals surface area contributed by atoms with Crippen LogP contribution in [0.2, 0.25) is 0 Å². The van der Waals surface area contributed by atoms with Crippen molar-refractivity contribution in [1.29, 1.82) is 0 Å². The Morgan fingerprint density at radius 3 is 2.80 bits per heavy atom. The van der Waals surface area contributed by atoms with Gasteiger partial charge in [-0.15, -0.1) is 0 Å². The summed E-state index contributed by atoms with van der Waals surface area (Å²) in [7, 11) is 0. The number of aromatic amines is 1. The van der Waals surface area contributed by atoms with Crippen molar-refractivity contribution in [2.75, 3.05) is 13.2 Å². The van der Waals surface area contributed by atoms with Gasteiger partial charge in [0, 0.05) is 18.0 Å². The largest absolute Gasteiger partial charge is 0.380 e. The van der Waals surface area contributed by atoms with Gasteiger partial charge in [0.1, 0.15) is 0 Å². The number of aromatic nitrogens is 2. The van der Waals surface area contributed by atoms with E-state index in [0.717, 1.165) is 0 Å². The zero-order valence-electron chi connectivity index (χ0n) is 11.5. The van der Waals surface area contributed by atoms with Crippen LogP contribution >= 0.6 is 0 Å². The molecular formula is C14H17N3O3. The standard InChI is InChI=1S/C14H17N3O3/c1-3-20-8-9(2)15-14(19)12-10-6-4-5-7-11(10)13(18)17-16-12/h4-7,9H,3,8H2,1-2H3,(H,15,19)(H,17,18). The van der Waals surface area contributed by atoms with Crippen molar-refractivity contribution in [3.05, 3.63) is 40.3 Å². The van der Waals surface area contributed by atoms with Crippen LogP contribution < -0.4 is 10.9 Å². The second-order valence-electron chi connectivity index (χ2n) is 4.48. The molecule has 0 radical (unpaired) electrons. The van der Waals surface area contributed by atoms with E-state index < -0.39 is 0 Å². The highest BCUT2D eigenvalue weighted by molar-refractivity contribution is 6.04. The van der Waals surface area contributed by atoms with E-state index in [2.05, 4.69) is 15.5 Å².